The SMILES string of the molecule is COc1cccc(Sc2ccc(C(=O)C=C(O)c3ccccc3-c3ncn[nH]3)o2)c1. The van der Waals surface area contributed by atoms with Crippen LogP contribution in [0.25, 0.3) is 17.1 Å². The Kier molecular flexibility index (Phi) is 5.67. The van der Waals surface area contributed by atoms with E-state index in [2.05, 4.69) is 15.2 Å². The van der Waals surface area contributed by atoms with Crippen LogP contribution in [-0.2, 0) is 0 Å². The molecule has 0 aliphatic rings. The number of aromatic nitrogens is 3. The van der Waals surface area contributed by atoms with Crippen LogP contribution < -0.4 is 4.74 Å². The van der Waals surface area contributed by atoms with Gasteiger partial charge in [-0.05, 0) is 30.3 Å². The molecule has 4 rings (SSSR count). The van der Waals surface area contributed by atoms with Crippen LogP contribution in [0.5, 0.6) is 5.75 Å². The van der Waals surface area contributed by atoms with E-state index < -0.39 is 5.78 Å². The molecule has 0 saturated heterocycles. The molecule has 4 aromatic rings. The van der Waals surface area contributed by atoms with Crippen molar-refractivity contribution in [3.63, 3.8) is 0 Å². The number of rotatable bonds is 7. The topological polar surface area (TPSA) is 101 Å². The van der Waals surface area contributed by atoms with Gasteiger partial charge >= 0.3 is 0 Å². The lowest BCUT2D eigenvalue weighted by molar-refractivity contribution is 0.101. The number of aromatic amines is 1. The number of nitrogens with zero attached hydrogens (tertiary/aromatic N) is 2. The Bertz CT molecular complexity index is 1200. The molecule has 0 saturated carbocycles. The van der Waals surface area contributed by atoms with Crippen molar-refractivity contribution in [3.8, 4) is 17.1 Å². The van der Waals surface area contributed by atoms with Crippen molar-refractivity contribution in [3.05, 3.63) is 84.4 Å². The zero-order valence-corrected chi connectivity index (χ0v) is 16.7. The van der Waals surface area contributed by atoms with E-state index in [4.69, 9.17) is 9.15 Å². The summed E-state index contributed by atoms with van der Waals surface area (Å²) in [6.45, 7) is 0. The van der Waals surface area contributed by atoms with Crippen molar-refractivity contribution in [2.24, 2.45) is 0 Å². The molecular formula is C22H17N3O4S. The summed E-state index contributed by atoms with van der Waals surface area (Å²) in [6.07, 6.45) is 2.51. The second-order valence-corrected chi connectivity index (χ2v) is 7.25. The highest BCUT2D eigenvalue weighted by Crippen LogP contribution is 2.32. The van der Waals surface area contributed by atoms with Gasteiger partial charge < -0.3 is 14.3 Å². The molecule has 30 heavy (non-hydrogen) atoms. The Balaban J connectivity index is 1.54. The zero-order valence-electron chi connectivity index (χ0n) is 15.9. The Hall–Kier alpha value is -3.78. The molecule has 0 fully saturated rings. The first-order valence-electron chi connectivity index (χ1n) is 8.96. The Morgan fingerprint density at radius 2 is 2.03 bits per heavy atom. The highest BCUT2D eigenvalue weighted by Gasteiger charge is 2.15. The van der Waals surface area contributed by atoms with Gasteiger partial charge in [-0.3, -0.25) is 9.89 Å². The third-order valence-corrected chi connectivity index (χ3v) is 5.14. The fourth-order valence-corrected chi connectivity index (χ4v) is 3.63. The largest absolute Gasteiger partial charge is 0.507 e. The van der Waals surface area contributed by atoms with Crippen LogP contribution in [0.15, 0.2) is 87.5 Å². The molecule has 0 atom stereocenters. The number of aliphatic hydroxyl groups excluding tert-OH is 1. The van der Waals surface area contributed by atoms with Gasteiger partial charge in [-0.15, -0.1) is 0 Å². The first kappa shape index (κ1) is 19.5. The number of carbonyl (C=O) groups is 1. The van der Waals surface area contributed by atoms with Crippen molar-refractivity contribution in [1.29, 1.82) is 0 Å². The van der Waals surface area contributed by atoms with E-state index in [1.165, 1.54) is 18.1 Å². The van der Waals surface area contributed by atoms with Crippen molar-refractivity contribution in [1.82, 2.24) is 15.2 Å². The minimum Gasteiger partial charge on any atom is -0.507 e. The minimum atomic E-state index is -0.447. The lowest BCUT2D eigenvalue weighted by Gasteiger charge is -2.06. The van der Waals surface area contributed by atoms with Gasteiger partial charge in [0.1, 0.15) is 17.8 Å². The summed E-state index contributed by atoms with van der Waals surface area (Å²) >= 11 is 1.37. The van der Waals surface area contributed by atoms with Gasteiger partial charge in [0.05, 0.1) is 7.11 Å². The number of benzene rings is 2. The third kappa shape index (κ3) is 4.28. The fourth-order valence-electron chi connectivity index (χ4n) is 2.81. The molecule has 0 aliphatic heterocycles. The van der Waals surface area contributed by atoms with E-state index in [0.717, 1.165) is 16.7 Å². The van der Waals surface area contributed by atoms with E-state index >= 15 is 0 Å². The number of allylic oxidation sites excluding steroid dienone is 1. The van der Waals surface area contributed by atoms with E-state index in [1.807, 2.05) is 30.3 Å². The number of ether oxygens (including phenoxy) is 1. The molecule has 150 valence electrons. The molecule has 0 aliphatic carbocycles. The average molecular weight is 419 g/mol. The maximum absolute atomic E-state index is 12.6. The lowest BCUT2D eigenvalue weighted by atomic mass is 10.0. The molecule has 2 N–H and O–H groups in total. The Morgan fingerprint density at radius 3 is 2.83 bits per heavy atom. The number of H-pyrrole nitrogens is 1. The van der Waals surface area contributed by atoms with Crippen LogP contribution in [0.4, 0.5) is 0 Å². The van der Waals surface area contributed by atoms with Crippen molar-refractivity contribution < 1.29 is 19.1 Å². The lowest BCUT2D eigenvalue weighted by Crippen LogP contribution is -1.96. The van der Waals surface area contributed by atoms with Gasteiger partial charge in [0.15, 0.2) is 16.7 Å². The molecule has 2 aromatic heterocycles. The second-order valence-electron chi connectivity index (χ2n) is 6.17. The van der Waals surface area contributed by atoms with Crippen molar-refractivity contribution in [2.45, 2.75) is 9.99 Å². The standard InChI is InChI=1S/C22H17N3O4S/c1-28-14-5-4-6-15(11-14)30-21-10-9-20(29-21)19(27)12-18(26)16-7-2-3-8-17(16)22-23-13-24-25-22/h2-13,26H,1H3,(H,23,24,25). The van der Waals surface area contributed by atoms with Crippen LogP contribution >= 0.6 is 11.8 Å². The number of aliphatic hydroxyl groups is 1. The summed E-state index contributed by atoms with van der Waals surface area (Å²) in [7, 11) is 1.60. The third-order valence-electron chi connectivity index (χ3n) is 4.22. The number of ketones is 1. The quantitative estimate of drug-likeness (QED) is 0.247. The van der Waals surface area contributed by atoms with Gasteiger partial charge in [-0.25, -0.2) is 4.98 Å². The normalized spacial score (nSPS) is 11.4. The average Bonchev–Trinajstić information content (AvgIpc) is 3.46. The van der Waals surface area contributed by atoms with E-state index in [1.54, 1.807) is 37.4 Å². The fraction of sp³-hybridized carbons (Fsp3) is 0.0455. The van der Waals surface area contributed by atoms with Gasteiger partial charge in [-0.1, -0.05) is 42.1 Å². The number of methoxy groups -OCH3 is 1. The Morgan fingerprint density at radius 1 is 1.17 bits per heavy atom. The second kappa shape index (κ2) is 8.71. The molecule has 7 nitrogen and oxygen atoms in total. The van der Waals surface area contributed by atoms with Crippen molar-refractivity contribution in [2.75, 3.05) is 7.11 Å². The molecule has 2 heterocycles. The molecular weight excluding hydrogens is 402 g/mol. The van der Waals surface area contributed by atoms with Crippen LogP contribution in [-0.4, -0.2) is 33.2 Å². The monoisotopic (exact) mass is 419 g/mol. The maximum atomic E-state index is 12.6. The highest BCUT2D eigenvalue weighted by atomic mass is 32.2. The first-order chi connectivity index (χ1) is 14.6. The molecule has 0 radical (unpaired) electrons. The highest BCUT2D eigenvalue weighted by molar-refractivity contribution is 7.99. The van der Waals surface area contributed by atoms with Crippen molar-refractivity contribution >= 4 is 23.3 Å². The van der Waals surface area contributed by atoms with E-state index in [9.17, 15) is 9.90 Å². The number of hydrogen-bond acceptors (Lipinski definition) is 7. The minimum absolute atomic E-state index is 0.129. The van der Waals surface area contributed by atoms with Crippen LogP contribution in [0.1, 0.15) is 16.1 Å². The number of carbonyl (C=O) groups excluding carboxylic acids is 1. The van der Waals surface area contributed by atoms with Gasteiger partial charge in [0.2, 0.25) is 5.78 Å². The van der Waals surface area contributed by atoms with Crippen LogP contribution in [0.2, 0.25) is 0 Å². The summed E-state index contributed by atoms with van der Waals surface area (Å²) in [6, 6.07) is 17.9. The summed E-state index contributed by atoms with van der Waals surface area (Å²) < 4.78 is 10.9. The summed E-state index contributed by atoms with van der Waals surface area (Å²) in [5, 5.41) is 17.7. The van der Waals surface area contributed by atoms with Crippen LogP contribution in [0.3, 0.4) is 0 Å². The van der Waals surface area contributed by atoms with Gasteiger partial charge in [-0.2, -0.15) is 5.10 Å². The molecule has 0 spiro atoms. The molecule has 0 bridgehead atoms. The smallest absolute Gasteiger partial charge is 0.224 e. The summed E-state index contributed by atoms with van der Waals surface area (Å²) in [5.74, 6) is 0.723. The molecule has 2 aromatic carbocycles. The summed E-state index contributed by atoms with van der Waals surface area (Å²) in [5.41, 5.74) is 1.09. The number of furan rings is 1. The first-order valence-corrected chi connectivity index (χ1v) is 9.77. The Labute approximate surface area is 176 Å². The predicted molar refractivity (Wildman–Crippen MR) is 113 cm³/mol. The molecule has 0 amide bonds. The van der Waals surface area contributed by atoms with E-state index in [0.29, 0.717) is 22.0 Å². The molecule has 8 heteroatoms. The van der Waals surface area contributed by atoms with Gasteiger partial charge in [0.25, 0.3) is 0 Å². The summed E-state index contributed by atoms with van der Waals surface area (Å²) in [4.78, 5) is 17.6. The molecule has 0 unspecified atom stereocenters. The zero-order chi connectivity index (χ0) is 20.9. The number of nitrogens with one attached hydrogen (secondary N) is 1. The number of hydrogen-bond donors (Lipinski definition) is 2. The maximum Gasteiger partial charge on any atom is 0.224 e. The van der Waals surface area contributed by atoms with Crippen LogP contribution in [0, 0.1) is 0 Å². The van der Waals surface area contributed by atoms with E-state index in [-0.39, 0.29) is 11.5 Å². The predicted octanol–water partition coefficient (Wildman–Crippen LogP) is 5.01. The van der Waals surface area contributed by atoms with Gasteiger partial charge in [0, 0.05) is 22.1 Å².